The molecule has 0 bridgehead atoms. The molecule has 0 amide bonds. The summed E-state index contributed by atoms with van der Waals surface area (Å²) in [6, 6.07) is 0. The Kier molecular flexibility index (Phi) is 4.32. The highest BCUT2D eigenvalue weighted by Gasteiger charge is 2.27. The highest BCUT2D eigenvalue weighted by molar-refractivity contribution is 7.91. The molecule has 3 nitrogen and oxygen atoms in total. The number of ketones is 1. The fraction of sp³-hybridized carbons (Fsp3) is 0.909. The molecule has 0 saturated carbocycles. The first kappa shape index (κ1) is 12.7. The molecule has 0 aromatic heterocycles. The van der Waals surface area contributed by atoms with Gasteiger partial charge in [-0.3, -0.25) is 4.79 Å². The van der Waals surface area contributed by atoms with Crippen LogP contribution in [0.2, 0.25) is 0 Å². The SMILES string of the molecule is CC(C)CCC(=O)C1CCS(=O)(=O)CC1. The van der Waals surface area contributed by atoms with E-state index in [-0.39, 0.29) is 23.2 Å². The van der Waals surface area contributed by atoms with Gasteiger partial charge in [0, 0.05) is 12.3 Å². The standard InChI is InChI=1S/C11H20O3S/c1-9(2)3-4-11(12)10-5-7-15(13,14)8-6-10/h9-10H,3-8H2,1-2H3. The summed E-state index contributed by atoms with van der Waals surface area (Å²) in [6.07, 6.45) is 2.61. The van der Waals surface area contributed by atoms with Gasteiger partial charge in [-0.15, -0.1) is 0 Å². The maximum atomic E-state index is 11.7. The second-order valence-corrected chi connectivity index (χ2v) is 7.13. The first-order valence-corrected chi connectivity index (χ1v) is 7.46. The van der Waals surface area contributed by atoms with Gasteiger partial charge in [-0.2, -0.15) is 0 Å². The van der Waals surface area contributed by atoms with Crippen LogP contribution >= 0.6 is 0 Å². The lowest BCUT2D eigenvalue weighted by Gasteiger charge is -2.20. The number of hydrogen-bond donors (Lipinski definition) is 0. The van der Waals surface area contributed by atoms with Crippen LogP contribution in [0.25, 0.3) is 0 Å². The minimum atomic E-state index is -2.83. The Hall–Kier alpha value is -0.380. The average Bonchev–Trinajstić information content (AvgIpc) is 2.14. The van der Waals surface area contributed by atoms with Gasteiger partial charge in [-0.05, 0) is 25.2 Å². The first-order chi connectivity index (χ1) is 6.91. The molecule has 1 fully saturated rings. The molecule has 0 N–H and O–H groups in total. The summed E-state index contributed by atoms with van der Waals surface area (Å²) < 4.78 is 22.3. The van der Waals surface area contributed by atoms with E-state index in [0.29, 0.717) is 25.2 Å². The second kappa shape index (κ2) is 5.10. The fourth-order valence-electron chi connectivity index (χ4n) is 1.85. The Labute approximate surface area is 92.2 Å². The van der Waals surface area contributed by atoms with Crippen molar-refractivity contribution in [3.8, 4) is 0 Å². The van der Waals surface area contributed by atoms with Crippen molar-refractivity contribution in [3.63, 3.8) is 0 Å². The predicted octanol–water partition coefficient (Wildman–Crippen LogP) is 1.82. The molecule has 15 heavy (non-hydrogen) atoms. The average molecular weight is 232 g/mol. The monoisotopic (exact) mass is 232 g/mol. The summed E-state index contributed by atoms with van der Waals surface area (Å²) in [4.78, 5) is 11.7. The van der Waals surface area contributed by atoms with Gasteiger partial charge in [0.2, 0.25) is 0 Å². The molecule has 0 aliphatic carbocycles. The van der Waals surface area contributed by atoms with E-state index in [1.54, 1.807) is 0 Å². The fourth-order valence-corrected chi connectivity index (χ4v) is 3.34. The zero-order valence-electron chi connectivity index (χ0n) is 9.53. The molecule has 1 saturated heterocycles. The smallest absolute Gasteiger partial charge is 0.150 e. The molecule has 1 aliphatic rings. The Bertz CT molecular complexity index is 303. The Morgan fingerprint density at radius 2 is 1.80 bits per heavy atom. The predicted molar refractivity (Wildman–Crippen MR) is 60.5 cm³/mol. The molecule has 0 radical (unpaired) electrons. The third kappa shape index (κ3) is 4.33. The van der Waals surface area contributed by atoms with Gasteiger partial charge in [0.1, 0.15) is 15.6 Å². The molecule has 1 heterocycles. The van der Waals surface area contributed by atoms with E-state index in [2.05, 4.69) is 13.8 Å². The van der Waals surface area contributed by atoms with Gasteiger partial charge < -0.3 is 0 Å². The van der Waals surface area contributed by atoms with Crippen molar-refractivity contribution < 1.29 is 13.2 Å². The maximum absolute atomic E-state index is 11.7. The van der Waals surface area contributed by atoms with Crippen LogP contribution in [0.15, 0.2) is 0 Å². The molecule has 1 aliphatic heterocycles. The minimum absolute atomic E-state index is 0.00674. The third-order valence-electron chi connectivity index (χ3n) is 2.98. The number of sulfone groups is 1. The molecule has 88 valence electrons. The van der Waals surface area contributed by atoms with Gasteiger partial charge in [0.05, 0.1) is 11.5 Å². The van der Waals surface area contributed by atoms with E-state index in [0.717, 1.165) is 6.42 Å². The molecular weight excluding hydrogens is 212 g/mol. The van der Waals surface area contributed by atoms with Gasteiger partial charge in [-0.1, -0.05) is 13.8 Å². The lowest BCUT2D eigenvalue weighted by molar-refractivity contribution is -0.123. The number of hydrogen-bond acceptors (Lipinski definition) is 3. The summed E-state index contributed by atoms with van der Waals surface area (Å²) >= 11 is 0. The molecule has 1 rings (SSSR count). The molecule has 0 aromatic rings. The number of Topliss-reactive ketones (excluding diaryl/α,β-unsaturated/α-hetero) is 1. The summed E-state index contributed by atoms with van der Waals surface area (Å²) in [6.45, 7) is 4.19. The molecular formula is C11H20O3S. The lowest BCUT2D eigenvalue weighted by atomic mass is 9.92. The zero-order valence-corrected chi connectivity index (χ0v) is 10.3. The van der Waals surface area contributed by atoms with E-state index in [4.69, 9.17) is 0 Å². The van der Waals surface area contributed by atoms with Crippen LogP contribution < -0.4 is 0 Å². The van der Waals surface area contributed by atoms with Crippen LogP contribution in [-0.4, -0.2) is 25.7 Å². The van der Waals surface area contributed by atoms with Crippen molar-refractivity contribution >= 4 is 15.6 Å². The van der Waals surface area contributed by atoms with Crippen molar-refractivity contribution in [2.24, 2.45) is 11.8 Å². The summed E-state index contributed by atoms with van der Waals surface area (Å²) in [5.74, 6) is 1.21. The summed E-state index contributed by atoms with van der Waals surface area (Å²) in [5.41, 5.74) is 0. The van der Waals surface area contributed by atoms with Gasteiger partial charge in [-0.25, -0.2) is 8.42 Å². The normalized spacial score (nSPS) is 21.8. The van der Waals surface area contributed by atoms with Crippen LogP contribution in [0.4, 0.5) is 0 Å². The van der Waals surface area contributed by atoms with Crippen LogP contribution in [0, 0.1) is 11.8 Å². The van der Waals surface area contributed by atoms with Crippen molar-refractivity contribution in [1.82, 2.24) is 0 Å². The van der Waals surface area contributed by atoms with E-state index in [1.165, 1.54) is 0 Å². The molecule has 0 unspecified atom stereocenters. The van der Waals surface area contributed by atoms with Crippen LogP contribution in [0.5, 0.6) is 0 Å². The van der Waals surface area contributed by atoms with Crippen molar-refractivity contribution in [1.29, 1.82) is 0 Å². The Morgan fingerprint density at radius 1 is 1.27 bits per heavy atom. The largest absolute Gasteiger partial charge is 0.299 e. The summed E-state index contributed by atoms with van der Waals surface area (Å²) in [5, 5.41) is 0. The van der Waals surface area contributed by atoms with Crippen molar-refractivity contribution in [2.45, 2.75) is 39.5 Å². The third-order valence-corrected chi connectivity index (χ3v) is 4.69. The van der Waals surface area contributed by atoms with Crippen molar-refractivity contribution in [3.05, 3.63) is 0 Å². The zero-order chi connectivity index (χ0) is 11.5. The highest BCUT2D eigenvalue weighted by atomic mass is 32.2. The summed E-state index contributed by atoms with van der Waals surface area (Å²) in [7, 11) is -2.83. The Morgan fingerprint density at radius 3 is 2.27 bits per heavy atom. The van der Waals surface area contributed by atoms with Crippen LogP contribution in [0.3, 0.4) is 0 Å². The number of rotatable bonds is 4. The molecule has 0 aromatic carbocycles. The van der Waals surface area contributed by atoms with E-state index in [9.17, 15) is 13.2 Å². The maximum Gasteiger partial charge on any atom is 0.150 e. The van der Waals surface area contributed by atoms with E-state index >= 15 is 0 Å². The Balaban J connectivity index is 2.37. The number of carbonyl (C=O) groups is 1. The number of carbonyl (C=O) groups excluding carboxylic acids is 1. The van der Waals surface area contributed by atoms with Crippen molar-refractivity contribution in [2.75, 3.05) is 11.5 Å². The lowest BCUT2D eigenvalue weighted by Crippen LogP contribution is -2.28. The topological polar surface area (TPSA) is 51.2 Å². The van der Waals surface area contributed by atoms with Gasteiger partial charge in [0.25, 0.3) is 0 Å². The molecule has 0 spiro atoms. The molecule has 4 heteroatoms. The van der Waals surface area contributed by atoms with Crippen LogP contribution in [0.1, 0.15) is 39.5 Å². The quantitative estimate of drug-likeness (QED) is 0.743. The van der Waals surface area contributed by atoms with Gasteiger partial charge in [0.15, 0.2) is 0 Å². The first-order valence-electron chi connectivity index (χ1n) is 5.64. The van der Waals surface area contributed by atoms with E-state index in [1.807, 2.05) is 0 Å². The minimum Gasteiger partial charge on any atom is -0.299 e. The molecule has 0 atom stereocenters. The highest BCUT2D eigenvalue weighted by Crippen LogP contribution is 2.22. The van der Waals surface area contributed by atoms with E-state index < -0.39 is 9.84 Å². The van der Waals surface area contributed by atoms with Crippen LogP contribution in [-0.2, 0) is 14.6 Å². The van der Waals surface area contributed by atoms with Gasteiger partial charge >= 0.3 is 0 Å². The second-order valence-electron chi connectivity index (χ2n) is 4.82.